The molecule has 2 rings (SSSR count). The molecule has 0 atom stereocenters. The van der Waals surface area contributed by atoms with Crippen molar-refractivity contribution in [1.29, 1.82) is 0 Å². The number of carbonyl (C=O) groups is 1. The number of hydrogen-bond donors (Lipinski definition) is 0. The van der Waals surface area contributed by atoms with E-state index in [1.165, 1.54) is 0 Å². The minimum atomic E-state index is -0.543. The lowest BCUT2D eigenvalue weighted by molar-refractivity contribution is -0.138. The van der Waals surface area contributed by atoms with Gasteiger partial charge in [0.1, 0.15) is 6.10 Å². The van der Waals surface area contributed by atoms with Gasteiger partial charge in [-0.2, -0.15) is 0 Å². The maximum absolute atomic E-state index is 11.5. The van der Waals surface area contributed by atoms with Gasteiger partial charge in [-0.1, -0.05) is 36.3 Å². The van der Waals surface area contributed by atoms with Crippen LogP contribution in [0, 0.1) is 11.8 Å². The predicted molar refractivity (Wildman–Crippen MR) is 72.3 cm³/mol. The zero-order valence-electron chi connectivity index (χ0n) is 10.6. The molecule has 1 aromatic carbocycles. The second-order valence-electron chi connectivity index (χ2n) is 3.96. The van der Waals surface area contributed by atoms with Gasteiger partial charge >= 0.3 is 5.97 Å². The van der Waals surface area contributed by atoms with Gasteiger partial charge in [0.15, 0.2) is 0 Å². The first-order valence-electron chi connectivity index (χ1n) is 5.95. The van der Waals surface area contributed by atoms with E-state index in [1.54, 1.807) is 19.3 Å². The van der Waals surface area contributed by atoms with E-state index in [4.69, 9.17) is 9.47 Å². The summed E-state index contributed by atoms with van der Waals surface area (Å²) in [6.45, 7) is 0. The van der Waals surface area contributed by atoms with Crippen molar-refractivity contribution in [2.75, 3.05) is 7.11 Å². The van der Waals surface area contributed by atoms with Crippen LogP contribution in [-0.4, -0.2) is 25.3 Å². The number of ether oxygens (including phenoxy) is 2. The molecule has 0 unspecified atom stereocenters. The van der Waals surface area contributed by atoms with Crippen LogP contribution in [0.15, 0.2) is 54.6 Å². The SMILES string of the molecule is COC1C=CC(OC(=O)C#Cc2ccccc2)C=C1. The first-order valence-corrected chi connectivity index (χ1v) is 5.95. The zero-order chi connectivity index (χ0) is 13.5. The number of esters is 1. The molecule has 0 bridgehead atoms. The Kier molecular flexibility index (Phi) is 4.54. The second-order valence-corrected chi connectivity index (χ2v) is 3.96. The largest absolute Gasteiger partial charge is 0.444 e. The van der Waals surface area contributed by atoms with Gasteiger partial charge in [0, 0.05) is 18.6 Å². The number of benzene rings is 1. The van der Waals surface area contributed by atoms with Crippen LogP contribution < -0.4 is 0 Å². The summed E-state index contributed by atoms with van der Waals surface area (Å²) in [5.41, 5.74) is 0.786. The summed E-state index contributed by atoms with van der Waals surface area (Å²) in [5.74, 6) is 4.68. The summed E-state index contributed by atoms with van der Waals surface area (Å²) < 4.78 is 10.3. The van der Waals surface area contributed by atoms with E-state index in [-0.39, 0.29) is 12.2 Å². The third kappa shape index (κ3) is 4.13. The van der Waals surface area contributed by atoms with Crippen LogP contribution in [0.3, 0.4) is 0 Å². The molecule has 1 aliphatic carbocycles. The molecule has 96 valence electrons. The Labute approximate surface area is 112 Å². The minimum absolute atomic E-state index is 0.0506. The average molecular weight is 254 g/mol. The van der Waals surface area contributed by atoms with Crippen molar-refractivity contribution in [3.05, 3.63) is 60.2 Å². The molecule has 3 nitrogen and oxygen atoms in total. The Hall–Kier alpha value is -2.31. The van der Waals surface area contributed by atoms with Crippen LogP contribution in [-0.2, 0) is 14.3 Å². The molecular weight excluding hydrogens is 240 g/mol. The third-order valence-electron chi connectivity index (χ3n) is 2.58. The van der Waals surface area contributed by atoms with Crippen LogP contribution in [0.4, 0.5) is 0 Å². The van der Waals surface area contributed by atoms with Crippen molar-refractivity contribution in [1.82, 2.24) is 0 Å². The van der Waals surface area contributed by atoms with Gasteiger partial charge in [-0.25, -0.2) is 4.79 Å². The monoisotopic (exact) mass is 254 g/mol. The predicted octanol–water partition coefficient (Wildman–Crippen LogP) is 2.09. The topological polar surface area (TPSA) is 35.5 Å². The number of methoxy groups -OCH3 is 1. The van der Waals surface area contributed by atoms with Crippen LogP contribution in [0.1, 0.15) is 5.56 Å². The van der Waals surface area contributed by atoms with Gasteiger partial charge in [0.2, 0.25) is 0 Å². The molecule has 3 heteroatoms. The number of carbonyl (C=O) groups excluding carboxylic acids is 1. The van der Waals surface area contributed by atoms with Crippen LogP contribution >= 0.6 is 0 Å². The molecule has 0 N–H and O–H groups in total. The van der Waals surface area contributed by atoms with E-state index in [2.05, 4.69) is 11.8 Å². The van der Waals surface area contributed by atoms with Gasteiger partial charge in [0.25, 0.3) is 0 Å². The highest BCUT2D eigenvalue weighted by molar-refractivity contribution is 5.89. The standard InChI is InChI=1S/C16H14O3/c1-18-14-8-10-15(11-9-14)19-16(17)12-7-13-5-3-2-4-6-13/h2-6,8-11,14-15H,1H3. The Morgan fingerprint density at radius 1 is 1.05 bits per heavy atom. The van der Waals surface area contributed by atoms with Gasteiger partial charge in [-0.15, -0.1) is 0 Å². The Morgan fingerprint density at radius 3 is 2.32 bits per heavy atom. The van der Waals surface area contributed by atoms with Crippen molar-refractivity contribution in [2.45, 2.75) is 12.2 Å². The molecule has 19 heavy (non-hydrogen) atoms. The lowest BCUT2D eigenvalue weighted by atomic mass is 10.1. The second kappa shape index (κ2) is 6.58. The molecule has 0 aromatic heterocycles. The van der Waals surface area contributed by atoms with Crippen molar-refractivity contribution >= 4 is 5.97 Å². The van der Waals surface area contributed by atoms with Gasteiger partial charge in [0.05, 0.1) is 6.10 Å². The number of rotatable bonds is 2. The quantitative estimate of drug-likeness (QED) is 0.460. The van der Waals surface area contributed by atoms with E-state index < -0.39 is 5.97 Å². The molecule has 0 amide bonds. The molecule has 0 spiro atoms. The zero-order valence-corrected chi connectivity index (χ0v) is 10.6. The van der Waals surface area contributed by atoms with Gasteiger partial charge < -0.3 is 9.47 Å². The molecule has 0 saturated heterocycles. The van der Waals surface area contributed by atoms with E-state index in [9.17, 15) is 4.79 Å². The van der Waals surface area contributed by atoms with Gasteiger partial charge in [-0.3, -0.25) is 0 Å². The van der Waals surface area contributed by atoms with Crippen molar-refractivity contribution < 1.29 is 14.3 Å². The van der Waals surface area contributed by atoms with E-state index >= 15 is 0 Å². The normalized spacial score (nSPS) is 20.5. The van der Waals surface area contributed by atoms with Crippen molar-refractivity contribution in [2.24, 2.45) is 0 Å². The fourth-order valence-electron chi connectivity index (χ4n) is 1.60. The van der Waals surface area contributed by atoms with E-state index in [1.807, 2.05) is 42.5 Å². The highest BCUT2D eigenvalue weighted by Gasteiger charge is 2.11. The minimum Gasteiger partial charge on any atom is -0.444 e. The Morgan fingerprint density at radius 2 is 1.68 bits per heavy atom. The Bertz CT molecular complexity index is 532. The summed E-state index contributed by atoms with van der Waals surface area (Å²) >= 11 is 0. The maximum atomic E-state index is 11.5. The molecule has 0 fully saturated rings. The fraction of sp³-hybridized carbons (Fsp3) is 0.188. The molecule has 1 aromatic rings. The summed E-state index contributed by atoms with van der Waals surface area (Å²) in [6, 6.07) is 9.31. The third-order valence-corrected chi connectivity index (χ3v) is 2.58. The lowest BCUT2D eigenvalue weighted by Crippen LogP contribution is -2.17. The summed E-state index contributed by atoms with van der Waals surface area (Å²) in [7, 11) is 1.62. The highest BCUT2D eigenvalue weighted by atomic mass is 16.5. The lowest BCUT2D eigenvalue weighted by Gasteiger charge is -2.14. The maximum Gasteiger partial charge on any atom is 0.385 e. The summed E-state index contributed by atoms with van der Waals surface area (Å²) in [4.78, 5) is 11.5. The van der Waals surface area contributed by atoms with Crippen LogP contribution in [0.5, 0.6) is 0 Å². The Balaban J connectivity index is 1.90. The molecule has 0 aliphatic heterocycles. The molecule has 0 saturated carbocycles. The molecule has 0 radical (unpaired) electrons. The number of hydrogen-bond acceptors (Lipinski definition) is 3. The van der Waals surface area contributed by atoms with Crippen molar-refractivity contribution in [3.63, 3.8) is 0 Å². The van der Waals surface area contributed by atoms with E-state index in [0.717, 1.165) is 5.56 Å². The first kappa shape index (κ1) is 13.1. The van der Waals surface area contributed by atoms with Crippen LogP contribution in [0.25, 0.3) is 0 Å². The summed E-state index contributed by atoms with van der Waals surface area (Å²) in [5, 5.41) is 0. The smallest absolute Gasteiger partial charge is 0.385 e. The van der Waals surface area contributed by atoms with Gasteiger partial charge in [-0.05, 0) is 24.3 Å². The molecule has 0 heterocycles. The fourth-order valence-corrected chi connectivity index (χ4v) is 1.60. The van der Waals surface area contributed by atoms with Crippen LogP contribution in [0.2, 0.25) is 0 Å². The van der Waals surface area contributed by atoms with E-state index in [0.29, 0.717) is 0 Å². The first-order chi connectivity index (χ1) is 9.28. The molecule has 1 aliphatic rings. The van der Waals surface area contributed by atoms with Crippen molar-refractivity contribution in [3.8, 4) is 11.8 Å². The highest BCUT2D eigenvalue weighted by Crippen LogP contribution is 2.08. The average Bonchev–Trinajstić information content (AvgIpc) is 2.47. The molecular formula is C16H14O3. The summed E-state index contributed by atoms with van der Waals surface area (Å²) in [6.07, 6.45) is 6.80.